The van der Waals surface area contributed by atoms with Gasteiger partial charge in [-0.15, -0.1) is 0 Å². The van der Waals surface area contributed by atoms with Crippen LogP contribution in [0.3, 0.4) is 0 Å². The van der Waals surface area contributed by atoms with E-state index < -0.39 is 11.6 Å². The zero-order chi connectivity index (χ0) is 13.2. The molecule has 0 aliphatic carbocycles. The summed E-state index contributed by atoms with van der Waals surface area (Å²) in [5, 5.41) is 0. The maximum absolute atomic E-state index is 13.7. The van der Waals surface area contributed by atoms with E-state index >= 15 is 0 Å². The summed E-state index contributed by atoms with van der Waals surface area (Å²) >= 11 is 0. The SMILES string of the molecule is CCC(C)(C)N(C)c1nc(NN)c(F)cc1F. The van der Waals surface area contributed by atoms with E-state index in [0.717, 1.165) is 12.5 Å². The first kappa shape index (κ1) is 13.6. The van der Waals surface area contributed by atoms with Crippen molar-refractivity contribution in [2.24, 2.45) is 5.84 Å². The van der Waals surface area contributed by atoms with Crippen molar-refractivity contribution in [2.45, 2.75) is 32.7 Å². The molecule has 0 bridgehead atoms. The second-order valence-corrected chi connectivity index (χ2v) is 4.49. The largest absolute Gasteiger partial charge is 0.352 e. The first-order valence-electron chi connectivity index (χ1n) is 5.40. The number of nitrogen functional groups attached to an aromatic ring is 1. The Morgan fingerprint density at radius 3 is 2.47 bits per heavy atom. The third-order valence-electron chi connectivity index (χ3n) is 3.14. The van der Waals surface area contributed by atoms with Gasteiger partial charge < -0.3 is 10.3 Å². The van der Waals surface area contributed by atoms with Gasteiger partial charge in [0.15, 0.2) is 23.3 Å². The Kier molecular flexibility index (Phi) is 3.87. The van der Waals surface area contributed by atoms with Crippen molar-refractivity contribution in [1.82, 2.24) is 4.98 Å². The van der Waals surface area contributed by atoms with Gasteiger partial charge in [0.25, 0.3) is 0 Å². The van der Waals surface area contributed by atoms with Crippen LogP contribution in [0.5, 0.6) is 0 Å². The number of rotatable bonds is 4. The third-order valence-corrected chi connectivity index (χ3v) is 3.14. The second-order valence-electron chi connectivity index (χ2n) is 4.49. The topological polar surface area (TPSA) is 54.2 Å². The van der Waals surface area contributed by atoms with Crippen LogP contribution in [0.25, 0.3) is 0 Å². The summed E-state index contributed by atoms with van der Waals surface area (Å²) in [6.45, 7) is 5.89. The van der Waals surface area contributed by atoms with E-state index in [-0.39, 0.29) is 17.2 Å². The van der Waals surface area contributed by atoms with Crippen molar-refractivity contribution in [3.63, 3.8) is 0 Å². The molecule has 0 saturated carbocycles. The zero-order valence-corrected chi connectivity index (χ0v) is 10.5. The van der Waals surface area contributed by atoms with Gasteiger partial charge in [-0.2, -0.15) is 0 Å². The summed E-state index contributed by atoms with van der Waals surface area (Å²) in [7, 11) is 1.72. The highest BCUT2D eigenvalue weighted by atomic mass is 19.1. The summed E-state index contributed by atoms with van der Waals surface area (Å²) in [5.74, 6) is 3.51. The summed E-state index contributed by atoms with van der Waals surface area (Å²) in [5.41, 5.74) is 1.83. The Morgan fingerprint density at radius 1 is 1.41 bits per heavy atom. The Morgan fingerprint density at radius 2 is 2.00 bits per heavy atom. The van der Waals surface area contributed by atoms with Gasteiger partial charge in [0.2, 0.25) is 0 Å². The van der Waals surface area contributed by atoms with E-state index in [2.05, 4.69) is 10.4 Å². The molecule has 0 spiro atoms. The van der Waals surface area contributed by atoms with Gasteiger partial charge in [-0.05, 0) is 20.3 Å². The molecule has 3 N–H and O–H groups in total. The van der Waals surface area contributed by atoms with Crippen molar-refractivity contribution in [3.05, 3.63) is 17.7 Å². The van der Waals surface area contributed by atoms with Crippen LogP contribution in [0.4, 0.5) is 20.4 Å². The standard InChI is InChI=1S/C11H18F2N4/c1-5-11(2,3)17(4)10-8(13)6-7(12)9(15-10)16-14/h6H,5,14H2,1-4H3,(H,15,16). The molecule has 0 saturated heterocycles. The van der Waals surface area contributed by atoms with E-state index in [4.69, 9.17) is 5.84 Å². The van der Waals surface area contributed by atoms with Gasteiger partial charge >= 0.3 is 0 Å². The molecule has 0 atom stereocenters. The molecule has 0 aliphatic heterocycles. The minimum absolute atomic E-state index is 0.0752. The fourth-order valence-corrected chi connectivity index (χ4v) is 1.32. The van der Waals surface area contributed by atoms with E-state index in [1.54, 1.807) is 11.9 Å². The number of hydrogen-bond donors (Lipinski definition) is 2. The molecule has 0 aliphatic rings. The first-order chi connectivity index (χ1) is 7.83. The smallest absolute Gasteiger partial charge is 0.178 e. The fourth-order valence-electron chi connectivity index (χ4n) is 1.32. The van der Waals surface area contributed by atoms with Gasteiger partial charge in [-0.1, -0.05) is 6.92 Å². The quantitative estimate of drug-likeness (QED) is 0.630. The number of hydrogen-bond acceptors (Lipinski definition) is 4. The van der Waals surface area contributed by atoms with E-state index in [1.165, 1.54) is 0 Å². The van der Waals surface area contributed by atoms with Crippen LogP contribution in [0.2, 0.25) is 0 Å². The van der Waals surface area contributed by atoms with Crippen molar-refractivity contribution in [3.8, 4) is 0 Å². The molecular weight excluding hydrogens is 226 g/mol. The molecule has 4 nitrogen and oxygen atoms in total. The van der Waals surface area contributed by atoms with Crippen LogP contribution in [0.1, 0.15) is 27.2 Å². The maximum atomic E-state index is 13.7. The molecule has 1 aromatic heterocycles. The number of halogens is 2. The number of nitrogens with zero attached hydrogens (tertiary/aromatic N) is 2. The fraction of sp³-hybridized carbons (Fsp3) is 0.545. The van der Waals surface area contributed by atoms with Crippen LogP contribution < -0.4 is 16.2 Å². The monoisotopic (exact) mass is 244 g/mol. The summed E-state index contributed by atoms with van der Waals surface area (Å²) in [4.78, 5) is 5.51. The van der Waals surface area contributed by atoms with Gasteiger partial charge in [-0.25, -0.2) is 19.6 Å². The second kappa shape index (κ2) is 4.83. The number of nitrogens with one attached hydrogen (secondary N) is 1. The highest BCUT2D eigenvalue weighted by Gasteiger charge is 2.26. The molecule has 0 unspecified atom stereocenters. The highest BCUT2D eigenvalue weighted by Crippen LogP contribution is 2.27. The Hall–Kier alpha value is -1.43. The molecule has 0 fully saturated rings. The first-order valence-corrected chi connectivity index (χ1v) is 5.40. The van der Waals surface area contributed by atoms with Crippen LogP contribution in [-0.2, 0) is 0 Å². The lowest BCUT2D eigenvalue weighted by Crippen LogP contribution is -2.41. The van der Waals surface area contributed by atoms with Gasteiger partial charge in [0.1, 0.15) is 0 Å². The van der Waals surface area contributed by atoms with Crippen LogP contribution in [0.15, 0.2) is 6.07 Å². The lowest BCUT2D eigenvalue weighted by atomic mass is 10.00. The number of pyridine rings is 1. The molecule has 1 heterocycles. The molecule has 1 rings (SSSR count). The highest BCUT2D eigenvalue weighted by molar-refractivity contribution is 5.49. The number of anilines is 2. The minimum Gasteiger partial charge on any atom is -0.352 e. The minimum atomic E-state index is -0.809. The normalized spacial score (nSPS) is 11.5. The van der Waals surface area contributed by atoms with Crippen molar-refractivity contribution < 1.29 is 8.78 Å². The maximum Gasteiger partial charge on any atom is 0.178 e. The average Bonchev–Trinajstić information content (AvgIpc) is 2.28. The molecule has 17 heavy (non-hydrogen) atoms. The summed E-state index contributed by atoms with van der Waals surface area (Å²) in [6, 6.07) is 0.778. The molecule has 0 aromatic carbocycles. The Bertz CT molecular complexity index is 407. The third kappa shape index (κ3) is 2.63. The lowest BCUT2D eigenvalue weighted by Gasteiger charge is -2.36. The van der Waals surface area contributed by atoms with E-state index in [1.807, 2.05) is 20.8 Å². The number of aromatic nitrogens is 1. The number of nitrogens with two attached hydrogens (primary N) is 1. The predicted molar refractivity (Wildman–Crippen MR) is 64.7 cm³/mol. The van der Waals surface area contributed by atoms with Crippen LogP contribution >= 0.6 is 0 Å². The van der Waals surface area contributed by atoms with E-state index in [0.29, 0.717) is 0 Å². The average molecular weight is 244 g/mol. The van der Waals surface area contributed by atoms with E-state index in [9.17, 15) is 8.78 Å². The van der Waals surface area contributed by atoms with Crippen LogP contribution in [0, 0.1) is 11.6 Å². The lowest BCUT2D eigenvalue weighted by molar-refractivity contribution is 0.456. The summed E-state index contributed by atoms with van der Waals surface area (Å²) in [6.07, 6.45) is 0.799. The molecule has 0 radical (unpaired) electrons. The Labute approximate surface area is 99.8 Å². The van der Waals surface area contributed by atoms with Gasteiger partial charge in [-0.3, -0.25) is 0 Å². The Balaban J connectivity index is 3.22. The van der Waals surface area contributed by atoms with Gasteiger partial charge in [0.05, 0.1) is 0 Å². The zero-order valence-electron chi connectivity index (χ0n) is 10.5. The number of hydrazine groups is 1. The summed E-state index contributed by atoms with van der Waals surface area (Å²) < 4.78 is 26.9. The molecule has 6 heteroatoms. The molecule has 1 aromatic rings. The molecule has 0 amide bonds. The van der Waals surface area contributed by atoms with Crippen molar-refractivity contribution in [1.29, 1.82) is 0 Å². The van der Waals surface area contributed by atoms with Crippen LogP contribution in [-0.4, -0.2) is 17.6 Å². The molecule has 96 valence electrons. The van der Waals surface area contributed by atoms with Gasteiger partial charge in [0, 0.05) is 18.7 Å². The predicted octanol–water partition coefficient (Wildman–Crippen LogP) is 2.27. The van der Waals surface area contributed by atoms with Crippen molar-refractivity contribution in [2.75, 3.05) is 17.4 Å². The molecular formula is C11H18F2N4. The van der Waals surface area contributed by atoms with Crippen molar-refractivity contribution >= 4 is 11.6 Å².